The molecule has 1 nitrogen and oxygen atoms in total. The van der Waals surface area contributed by atoms with Gasteiger partial charge in [0.15, 0.2) is 0 Å². The molecule has 0 atom stereocenters. The fourth-order valence-corrected chi connectivity index (χ4v) is 3.35. The van der Waals surface area contributed by atoms with E-state index >= 15 is 0 Å². The van der Waals surface area contributed by atoms with E-state index in [9.17, 15) is 0 Å². The van der Waals surface area contributed by atoms with Crippen molar-refractivity contribution in [2.45, 2.75) is 33.6 Å². The molecule has 0 aliphatic rings. The molecule has 0 radical (unpaired) electrons. The molecule has 1 aromatic carbocycles. The molecule has 0 saturated heterocycles. The highest BCUT2D eigenvalue weighted by Crippen LogP contribution is 2.33. The van der Waals surface area contributed by atoms with Gasteiger partial charge in [-0.2, -0.15) is 0 Å². The molecule has 0 amide bonds. The molecule has 0 bridgehead atoms. The number of thiophene rings is 1. The van der Waals surface area contributed by atoms with Gasteiger partial charge < -0.3 is 5.73 Å². The zero-order chi connectivity index (χ0) is 12.5. The van der Waals surface area contributed by atoms with Crippen LogP contribution in [-0.2, 0) is 12.8 Å². The monoisotopic (exact) mass is 247 g/mol. The van der Waals surface area contributed by atoms with Crippen LogP contribution in [0.25, 0.3) is 10.1 Å². The van der Waals surface area contributed by atoms with Gasteiger partial charge in [0.2, 0.25) is 0 Å². The lowest BCUT2D eigenvalue weighted by atomic mass is 9.88. The average molecular weight is 247 g/mol. The largest absolute Gasteiger partial charge is 0.330 e. The molecule has 2 N–H and O–H groups in total. The predicted molar refractivity (Wildman–Crippen MR) is 77.7 cm³/mol. The van der Waals surface area contributed by atoms with Gasteiger partial charge in [0.05, 0.1) is 0 Å². The molecule has 0 saturated carbocycles. The Hall–Kier alpha value is -0.860. The highest BCUT2D eigenvalue weighted by atomic mass is 32.1. The van der Waals surface area contributed by atoms with Crippen molar-refractivity contribution in [2.75, 3.05) is 6.54 Å². The minimum Gasteiger partial charge on any atom is -0.330 e. The second-order valence-electron chi connectivity index (χ2n) is 5.83. The third-order valence-corrected chi connectivity index (χ3v) is 4.02. The molecule has 0 aliphatic heterocycles. The van der Waals surface area contributed by atoms with Gasteiger partial charge >= 0.3 is 0 Å². The molecule has 1 aromatic heterocycles. The van der Waals surface area contributed by atoms with E-state index in [1.807, 2.05) is 11.3 Å². The van der Waals surface area contributed by atoms with Crippen molar-refractivity contribution in [2.24, 2.45) is 11.1 Å². The van der Waals surface area contributed by atoms with Crippen LogP contribution in [0.3, 0.4) is 0 Å². The van der Waals surface area contributed by atoms with E-state index in [1.54, 1.807) is 0 Å². The Balaban J connectivity index is 2.44. The second-order valence-corrected chi connectivity index (χ2v) is 6.71. The minimum absolute atomic E-state index is 0.345. The molecule has 0 aliphatic carbocycles. The second kappa shape index (κ2) is 4.79. The van der Waals surface area contributed by atoms with Crippen LogP contribution in [-0.4, -0.2) is 6.54 Å². The number of benzene rings is 1. The van der Waals surface area contributed by atoms with Crippen LogP contribution in [0.5, 0.6) is 0 Å². The van der Waals surface area contributed by atoms with Crippen molar-refractivity contribution in [3.63, 3.8) is 0 Å². The first-order valence-corrected chi connectivity index (χ1v) is 7.07. The van der Waals surface area contributed by atoms with Gasteiger partial charge in [-0.25, -0.2) is 0 Å². The number of nitrogens with two attached hydrogens (primary N) is 1. The van der Waals surface area contributed by atoms with Crippen LogP contribution in [0.15, 0.2) is 23.6 Å². The molecule has 17 heavy (non-hydrogen) atoms. The van der Waals surface area contributed by atoms with E-state index in [1.165, 1.54) is 21.2 Å². The first kappa shape index (κ1) is 12.6. The quantitative estimate of drug-likeness (QED) is 0.872. The van der Waals surface area contributed by atoms with Crippen molar-refractivity contribution in [3.8, 4) is 0 Å². The summed E-state index contributed by atoms with van der Waals surface area (Å²) in [6.45, 7) is 7.60. The fraction of sp³-hybridized carbons (Fsp3) is 0.467. The molecule has 0 unspecified atom stereocenters. The summed E-state index contributed by atoms with van der Waals surface area (Å²) in [5.41, 5.74) is 8.89. The SMILES string of the molecule is CC(C)(C)Cc1csc2c(CCN)cccc12. The summed E-state index contributed by atoms with van der Waals surface area (Å²) in [6, 6.07) is 6.60. The van der Waals surface area contributed by atoms with Gasteiger partial charge in [-0.15, -0.1) is 11.3 Å². The number of rotatable bonds is 3. The highest BCUT2D eigenvalue weighted by Gasteiger charge is 2.15. The lowest BCUT2D eigenvalue weighted by molar-refractivity contribution is 0.413. The van der Waals surface area contributed by atoms with Gasteiger partial charge in [0, 0.05) is 4.70 Å². The number of hydrogen-bond acceptors (Lipinski definition) is 2. The first-order chi connectivity index (χ1) is 8.01. The molecule has 92 valence electrons. The van der Waals surface area contributed by atoms with Gasteiger partial charge in [0.25, 0.3) is 0 Å². The summed E-state index contributed by atoms with van der Waals surface area (Å²) >= 11 is 1.87. The van der Waals surface area contributed by atoms with Crippen LogP contribution in [0.1, 0.15) is 31.9 Å². The molecule has 2 aromatic rings. The average Bonchev–Trinajstić information content (AvgIpc) is 2.61. The van der Waals surface area contributed by atoms with E-state index in [-0.39, 0.29) is 0 Å². The molecular weight excluding hydrogens is 226 g/mol. The smallest absolute Gasteiger partial charge is 0.0378 e. The van der Waals surface area contributed by atoms with E-state index in [0.717, 1.165) is 19.4 Å². The van der Waals surface area contributed by atoms with Crippen LogP contribution >= 0.6 is 11.3 Å². The Labute approximate surface area is 108 Å². The van der Waals surface area contributed by atoms with Gasteiger partial charge in [-0.1, -0.05) is 39.0 Å². The standard InChI is InChI=1S/C15H21NS/c1-15(2,3)9-12-10-17-14-11(7-8-16)5-4-6-13(12)14/h4-6,10H,7-9,16H2,1-3H3. The summed E-state index contributed by atoms with van der Waals surface area (Å²) in [6.07, 6.45) is 2.12. The van der Waals surface area contributed by atoms with Crippen LogP contribution in [0.2, 0.25) is 0 Å². The predicted octanol–water partition coefficient (Wildman–Crippen LogP) is 3.99. The van der Waals surface area contributed by atoms with Crippen molar-refractivity contribution in [1.29, 1.82) is 0 Å². The Kier molecular flexibility index (Phi) is 3.55. The molecule has 2 heteroatoms. The zero-order valence-corrected chi connectivity index (χ0v) is 11.7. The summed E-state index contributed by atoms with van der Waals surface area (Å²) in [7, 11) is 0. The minimum atomic E-state index is 0.345. The Morgan fingerprint density at radius 3 is 2.59 bits per heavy atom. The van der Waals surface area contributed by atoms with Crippen LogP contribution < -0.4 is 5.73 Å². The topological polar surface area (TPSA) is 26.0 Å². The summed E-state index contributed by atoms with van der Waals surface area (Å²) in [5.74, 6) is 0. The van der Waals surface area contributed by atoms with Gasteiger partial charge in [-0.3, -0.25) is 0 Å². The Morgan fingerprint density at radius 2 is 1.94 bits per heavy atom. The van der Waals surface area contributed by atoms with Gasteiger partial charge in [-0.05, 0) is 46.7 Å². The third-order valence-electron chi connectivity index (χ3n) is 2.90. The summed E-state index contributed by atoms with van der Waals surface area (Å²) < 4.78 is 1.43. The van der Waals surface area contributed by atoms with E-state index in [2.05, 4.69) is 44.4 Å². The van der Waals surface area contributed by atoms with Crippen molar-refractivity contribution < 1.29 is 0 Å². The highest BCUT2D eigenvalue weighted by molar-refractivity contribution is 7.17. The number of hydrogen-bond donors (Lipinski definition) is 1. The van der Waals surface area contributed by atoms with E-state index in [4.69, 9.17) is 5.73 Å². The van der Waals surface area contributed by atoms with Crippen molar-refractivity contribution in [3.05, 3.63) is 34.7 Å². The maximum Gasteiger partial charge on any atom is 0.0378 e. The summed E-state index contributed by atoms with van der Waals surface area (Å²) in [5, 5.41) is 3.74. The van der Waals surface area contributed by atoms with Crippen molar-refractivity contribution in [1.82, 2.24) is 0 Å². The number of fused-ring (bicyclic) bond motifs is 1. The van der Waals surface area contributed by atoms with E-state index in [0.29, 0.717) is 5.41 Å². The first-order valence-electron chi connectivity index (χ1n) is 6.19. The van der Waals surface area contributed by atoms with Crippen molar-refractivity contribution >= 4 is 21.4 Å². The molecule has 0 fully saturated rings. The molecular formula is C15H21NS. The lowest BCUT2D eigenvalue weighted by Gasteiger charge is -2.17. The van der Waals surface area contributed by atoms with Gasteiger partial charge in [0.1, 0.15) is 0 Å². The Bertz CT molecular complexity index is 505. The normalized spacial score (nSPS) is 12.2. The maximum absolute atomic E-state index is 5.66. The molecule has 0 spiro atoms. The zero-order valence-electron chi connectivity index (χ0n) is 10.9. The Morgan fingerprint density at radius 1 is 1.18 bits per heavy atom. The van der Waals surface area contributed by atoms with E-state index < -0.39 is 0 Å². The lowest BCUT2D eigenvalue weighted by Crippen LogP contribution is -2.08. The van der Waals surface area contributed by atoms with Crippen LogP contribution in [0.4, 0.5) is 0 Å². The maximum atomic E-state index is 5.66. The third kappa shape index (κ3) is 2.88. The molecule has 2 rings (SSSR count). The van der Waals surface area contributed by atoms with Crippen LogP contribution in [0, 0.1) is 5.41 Å². The molecule has 1 heterocycles. The summed E-state index contributed by atoms with van der Waals surface area (Å²) in [4.78, 5) is 0. The fourth-order valence-electron chi connectivity index (χ4n) is 2.23.